The summed E-state index contributed by atoms with van der Waals surface area (Å²) in [6, 6.07) is 1.50. The Morgan fingerprint density at radius 3 is 2.86 bits per heavy atom. The Morgan fingerprint density at radius 2 is 2.29 bits per heavy atom. The van der Waals surface area contributed by atoms with Crippen LogP contribution in [0, 0.1) is 0 Å². The van der Waals surface area contributed by atoms with E-state index in [2.05, 4.69) is 4.98 Å². The molecule has 14 heavy (non-hydrogen) atoms. The standard InChI is InChI=1S/C10H11NO3/c1-5(2)6-4-14-8-3-7(10(12)13)11-9(6)8/h3-5,11H,1-2H3,(H,12,13). The van der Waals surface area contributed by atoms with Crippen molar-refractivity contribution in [2.75, 3.05) is 0 Å². The zero-order valence-corrected chi connectivity index (χ0v) is 8.00. The van der Waals surface area contributed by atoms with Gasteiger partial charge in [0.15, 0.2) is 5.58 Å². The number of carboxylic acid groups (broad SMARTS) is 1. The number of carboxylic acids is 1. The highest BCUT2D eigenvalue weighted by molar-refractivity contribution is 5.92. The fourth-order valence-electron chi connectivity index (χ4n) is 1.47. The summed E-state index contributed by atoms with van der Waals surface area (Å²) < 4.78 is 5.25. The topological polar surface area (TPSA) is 66.2 Å². The lowest BCUT2D eigenvalue weighted by molar-refractivity contribution is 0.0691. The number of aromatic carboxylic acids is 1. The van der Waals surface area contributed by atoms with Crippen molar-refractivity contribution in [3.63, 3.8) is 0 Å². The normalized spacial score (nSPS) is 11.4. The lowest BCUT2D eigenvalue weighted by Gasteiger charge is -1.98. The molecule has 0 spiro atoms. The van der Waals surface area contributed by atoms with Crippen LogP contribution in [0.15, 0.2) is 16.7 Å². The minimum absolute atomic E-state index is 0.168. The predicted molar refractivity (Wildman–Crippen MR) is 51.6 cm³/mol. The van der Waals surface area contributed by atoms with Crippen molar-refractivity contribution in [1.29, 1.82) is 0 Å². The van der Waals surface area contributed by atoms with Crippen LogP contribution in [0.1, 0.15) is 35.8 Å². The Morgan fingerprint density at radius 1 is 1.57 bits per heavy atom. The van der Waals surface area contributed by atoms with Crippen LogP contribution in [0.25, 0.3) is 11.1 Å². The number of rotatable bonds is 2. The molecule has 0 aliphatic heterocycles. The monoisotopic (exact) mass is 193 g/mol. The second-order valence-corrected chi connectivity index (χ2v) is 3.57. The van der Waals surface area contributed by atoms with Gasteiger partial charge in [0.1, 0.15) is 5.69 Å². The fraction of sp³-hybridized carbons (Fsp3) is 0.300. The summed E-state index contributed by atoms with van der Waals surface area (Å²) in [6.45, 7) is 4.07. The van der Waals surface area contributed by atoms with Gasteiger partial charge in [0.05, 0.1) is 11.8 Å². The van der Waals surface area contributed by atoms with Crippen molar-refractivity contribution >= 4 is 17.1 Å². The summed E-state index contributed by atoms with van der Waals surface area (Å²) in [5.41, 5.74) is 2.57. The lowest BCUT2D eigenvalue weighted by atomic mass is 10.1. The van der Waals surface area contributed by atoms with Crippen LogP contribution < -0.4 is 0 Å². The van der Waals surface area contributed by atoms with Crippen molar-refractivity contribution < 1.29 is 14.3 Å². The third-order valence-corrected chi connectivity index (χ3v) is 2.24. The summed E-state index contributed by atoms with van der Waals surface area (Å²) in [7, 11) is 0. The SMILES string of the molecule is CC(C)c1coc2cc(C(=O)O)[nH]c12. The van der Waals surface area contributed by atoms with Gasteiger partial charge in [0.25, 0.3) is 0 Å². The fourth-order valence-corrected chi connectivity index (χ4v) is 1.47. The minimum atomic E-state index is -0.967. The number of nitrogens with one attached hydrogen (secondary N) is 1. The van der Waals surface area contributed by atoms with E-state index in [-0.39, 0.29) is 5.69 Å². The van der Waals surface area contributed by atoms with Crippen LogP contribution in [0.3, 0.4) is 0 Å². The summed E-state index contributed by atoms with van der Waals surface area (Å²) in [4.78, 5) is 13.5. The first-order chi connectivity index (χ1) is 6.59. The van der Waals surface area contributed by atoms with E-state index >= 15 is 0 Å². The number of aromatic nitrogens is 1. The molecule has 0 saturated heterocycles. The van der Waals surface area contributed by atoms with Crippen LogP contribution in [-0.4, -0.2) is 16.1 Å². The van der Waals surface area contributed by atoms with Crippen molar-refractivity contribution in [3.05, 3.63) is 23.6 Å². The molecule has 2 N–H and O–H groups in total. The minimum Gasteiger partial charge on any atom is -0.477 e. The average Bonchev–Trinajstić information content (AvgIpc) is 2.58. The number of hydrogen-bond acceptors (Lipinski definition) is 2. The van der Waals surface area contributed by atoms with Gasteiger partial charge >= 0.3 is 5.97 Å². The van der Waals surface area contributed by atoms with Gasteiger partial charge in [0.2, 0.25) is 0 Å². The molecule has 2 aromatic heterocycles. The summed E-state index contributed by atoms with van der Waals surface area (Å²) in [6.07, 6.45) is 1.66. The van der Waals surface area contributed by atoms with Crippen molar-refractivity contribution in [3.8, 4) is 0 Å². The van der Waals surface area contributed by atoms with Gasteiger partial charge in [-0.05, 0) is 5.92 Å². The van der Waals surface area contributed by atoms with E-state index in [1.165, 1.54) is 6.07 Å². The zero-order chi connectivity index (χ0) is 10.3. The second-order valence-electron chi connectivity index (χ2n) is 3.57. The molecule has 0 aliphatic carbocycles. The van der Waals surface area contributed by atoms with Crippen LogP contribution in [0.5, 0.6) is 0 Å². The molecular weight excluding hydrogens is 182 g/mol. The Kier molecular flexibility index (Phi) is 1.84. The number of H-pyrrole nitrogens is 1. The predicted octanol–water partition coefficient (Wildman–Crippen LogP) is 2.58. The first kappa shape index (κ1) is 8.87. The molecule has 0 aromatic carbocycles. The maximum atomic E-state index is 10.7. The van der Waals surface area contributed by atoms with Crippen molar-refractivity contribution in [2.45, 2.75) is 19.8 Å². The van der Waals surface area contributed by atoms with E-state index in [4.69, 9.17) is 9.52 Å². The number of hydrogen-bond donors (Lipinski definition) is 2. The van der Waals surface area contributed by atoms with Gasteiger partial charge in [-0.25, -0.2) is 4.79 Å². The Hall–Kier alpha value is -1.71. The third-order valence-electron chi connectivity index (χ3n) is 2.24. The lowest BCUT2D eigenvalue weighted by Crippen LogP contribution is -1.95. The molecule has 2 heterocycles. The van der Waals surface area contributed by atoms with Gasteiger partial charge in [-0.1, -0.05) is 13.8 Å². The molecule has 0 atom stereocenters. The molecule has 0 fully saturated rings. The van der Waals surface area contributed by atoms with Crippen molar-refractivity contribution in [1.82, 2.24) is 4.98 Å². The molecule has 0 unspecified atom stereocenters. The molecule has 4 nitrogen and oxygen atoms in total. The molecule has 0 saturated carbocycles. The van der Waals surface area contributed by atoms with Crippen LogP contribution >= 0.6 is 0 Å². The zero-order valence-electron chi connectivity index (χ0n) is 8.00. The van der Waals surface area contributed by atoms with Gasteiger partial charge in [0, 0.05) is 11.6 Å². The van der Waals surface area contributed by atoms with E-state index in [0.717, 1.165) is 11.1 Å². The van der Waals surface area contributed by atoms with E-state index in [0.29, 0.717) is 11.5 Å². The molecule has 2 aromatic rings. The number of fused-ring (bicyclic) bond motifs is 1. The molecule has 74 valence electrons. The Labute approximate surface area is 80.5 Å². The first-order valence-electron chi connectivity index (χ1n) is 4.43. The summed E-state index contributed by atoms with van der Waals surface area (Å²) in [5.74, 6) is -0.650. The van der Waals surface area contributed by atoms with Gasteiger partial charge < -0.3 is 14.5 Å². The Bertz CT molecular complexity index is 478. The molecule has 0 amide bonds. The van der Waals surface area contributed by atoms with Gasteiger partial charge in [-0.2, -0.15) is 0 Å². The molecule has 0 radical (unpaired) electrons. The molecule has 2 rings (SSSR count). The van der Waals surface area contributed by atoms with Crippen LogP contribution in [0.2, 0.25) is 0 Å². The van der Waals surface area contributed by atoms with Gasteiger partial charge in [-0.3, -0.25) is 0 Å². The van der Waals surface area contributed by atoms with Crippen LogP contribution in [-0.2, 0) is 0 Å². The smallest absolute Gasteiger partial charge is 0.352 e. The summed E-state index contributed by atoms with van der Waals surface area (Å²) >= 11 is 0. The molecular formula is C10H11NO3. The van der Waals surface area contributed by atoms with E-state index in [1.54, 1.807) is 6.26 Å². The van der Waals surface area contributed by atoms with Crippen LogP contribution in [0.4, 0.5) is 0 Å². The third kappa shape index (κ3) is 1.19. The highest BCUT2D eigenvalue weighted by atomic mass is 16.4. The quantitative estimate of drug-likeness (QED) is 0.770. The maximum Gasteiger partial charge on any atom is 0.352 e. The largest absolute Gasteiger partial charge is 0.477 e. The molecule has 0 bridgehead atoms. The molecule has 4 heteroatoms. The maximum absolute atomic E-state index is 10.7. The first-order valence-corrected chi connectivity index (χ1v) is 4.43. The number of furan rings is 1. The highest BCUT2D eigenvalue weighted by Crippen LogP contribution is 2.27. The molecule has 0 aliphatic rings. The van der Waals surface area contributed by atoms with Gasteiger partial charge in [-0.15, -0.1) is 0 Å². The second kappa shape index (κ2) is 2.90. The van der Waals surface area contributed by atoms with E-state index in [9.17, 15) is 4.79 Å². The van der Waals surface area contributed by atoms with E-state index in [1.807, 2.05) is 13.8 Å². The Balaban J connectivity index is 2.61. The number of aromatic amines is 1. The summed E-state index contributed by atoms with van der Waals surface area (Å²) in [5, 5.41) is 8.76. The number of carbonyl (C=O) groups is 1. The van der Waals surface area contributed by atoms with E-state index < -0.39 is 5.97 Å². The average molecular weight is 193 g/mol. The van der Waals surface area contributed by atoms with Crippen molar-refractivity contribution in [2.24, 2.45) is 0 Å². The highest BCUT2D eigenvalue weighted by Gasteiger charge is 2.14.